The van der Waals surface area contributed by atoms with E-state index >= 15 is 0 Å². The van der Waals surface area contributed by atoms with Crippen LogP contribution in [0, 0.1) is 27.7 Å². The topological polar surface area (TPSA) is 17.1 Å². The first-order chi connectivity index (χ1) is 8.79. The van der Waals surface area contributed by atoms with E-state index in [0.29, 0.717) is 0 Å². The third-order valence-electron chi connectivity index (χ3n) is 3.08. The van der Waals surface area contributed by atoms with Gasteiger partial charge in [0.15, 0.2) is 0 Å². The largest absolute Gasteiger partial charge is 0.296 e. The van der Waals surface area contributed by atoms with Gasteiger partial charge in [-0.15, -0.1) is 0 Å². The number of halogens is 1. The molecule has 0 aliphatic carbocycles. The molecule has 0 N–H and O–H groups in total. The normalized spacial score (nSPS) is 11.6. The summed E-state index contributed by atoms with van der Waals surface area (Å²) in [6.45, 7) is 4.95. The van der Waals surface area contributed by atoms with Crippen molar-refractivity contribution in [1.82, 2.24) is 0 Å². The number of hydrogen-bond donors (Lipinski definition) is 0. The summed E-state index contributed by atoms with van der Waals surface area (Å²) in [5.74, 6) is 0. The fraction of sp³-hybridized carbons (Fsp3) is 0.250. The van der Waals surface area contributed by atoms with Crippen molar-refractivity contribution in [3.8, 4) is 0 Å². The van der Waals surface area contributed by atoms with Gasteiger partial charge < -0.3 is 0 Å². The molecule has 19 heavy (non-hydrogen) atoms. The Hall–Kier alpha value is -1.04. The Balaban J connectivity index is 2.61. The molecule has 0 radical (unpaired) electrons. The molecule has 0 spiro atoms. The van der Waals surface area contributed by atoms with Gasteiger partial charge in [0.2, 0.25) is 6.49 Å². The zero-order chi connectivity index (χ0) is 14.2. The van der Waals surface area contributed by atoms with Gasteiger partial charge in [-0.05, 0) is 63.2 Å². The standard InChI is InChI=1S/C16H18ClOP/c1-11-5-12(2)8-15(7-11)19(17,18)16-9-13(3)6-14(4)10-16/h5-10H,1-4H3. The first kappa shape index (κ1) is 14.4. The minimum atomic E-state index is -3.03. The maximum atomic E-state index is 13.0. The molecule has 0 bridgehead atoms. The van der Waals surface area contributed by atoms with Gasteiger partial charge in [0.1, 0.15) is 0 Å². The van der Waals surface area contributed by atoms with E-state index in [4.69, 9.17) is 11.2 Å². The summed E-state index contributed by atoms with van der Waals surface area (Å²) in [4.78, 5) is 0. The second kappa shape index (κ2) is 5.15. The molecule has 100 valence electrons. The average molecular weight is 293 g/mol. The van der Waals surface area contributed by atoms with Gasteiger partial charge in [0, 0.05) is 10.6 Å². The Labute approximate surface area is 119 Å². The molecule has 1 nitrogen and oxygen atoms in total. The van der Waals surface area contributed by atoms with E-state index < -0.39 is 6.49 Å². The van der Waals surface area contributed by atoms with E-state index in [-0.39, 0.29) is 0 Å². The van der Waals surface area contributed by atoms with Crippen LogP contribution in [0.25, 0.3) is 0 Å². The van der Waals surface area contributed by atoms with Gasteiger partial charge in [0.05, 0.1) is 0 Å². The van der Waals surface area contributed by atoms with Crippen molar-refractivity contribution in [2.45, 2.75) is 27.7 Å². The van der Waals surface area contributed by atoms with Crippen LogP contribution in [-0.2, 0) is 4.57 Å². The number of rotatable bonds is 2. The highest BCUT2D eigenvalue weighted by Gasteiger charge is 2.25. The Morgan fingerprint density at radius 1 is 0.684 bits per heavy atom. The lowest BCUT2D eigenvalue weighted by molar-refractivity contribution is 0.595. The van der Waals surface area contributed by atoms with Gasteiger partial charge in [-0.2, -0.15) is 0 Å². The maximum Gasteiger partial charge on any atom is 0.225 e. The molecule has 0 fully saturated rings. The van der Waals surface area contributed by atoms with Crippen molar-refractivity contribution in [2.75, 3.05) is 0 Å². The third-order valence-corrected chi connectivity index (χ3v) is 6.09. The fourth-order valence-corrected chi connectivity index (χ4v) is 4.74. The summed E-state index contributed by atoms with van der Waals surface area (Å²) in [6, 6.07) is 11.8. The highest BCUT2D eigenvalue weighted by molar-refractivity contribution is 8.00. The Morgan fingerprint density at radius 2 is 0.947 bits per heavy atom. The Morgan fingerprint density at radius 3 is 1.21 bits per heavy atom. The first-order valence-electron chi connectivity index (χ1n) is 6.26. The summed E-state index contributed by atoms with van der Waals surface area (Å²) in [5, 5.41) is 1.44. The molecule has 0 heterocycles. The fourth-order valence-electron chi connectivity index (χ4n) is 2.38. The molecule has 2 aromatic rings. The molecule has 0 saturated carbocycles. The van der Waals surface area contributed by atoms with Crippen molar-refractivity contribution < 1.29 is 4.57 Å². The van der Waals surface area contributed by atoms with Crippen molar-refractivity contribution in [1.29, 1.82) is 0 Å². The smallest absolute Gasteiger partial charge is 0.225 e. The van der Waals surface area contributed by atoms with Gasteiger partial charge in [-0.3, -0.25) is 4.57 Å². The van der Waals surface area contributed by atoms with E-state index in [1.165, 1.54) is 0 Å². The van der Waals surface area contributed by atoms with Crippen molar-refractivity contribution >= 4 is 28.3 Å². The summed E-state index contributed by atoms with van der Waals surface area (Å²) < 4.78 is 13.0. The van der Waals surface area contributed by atoms with Crippen LogP contribution in [-0.4, -0.2) is 0 Å². The van der Waals surface area contributed by atoms with Gasteiger partial charge in [-0.1, -0.05) is 34.4 Å². The molecule has 0 atom stereocenters. The van der Waals surface area contributed by atoms with Crippen molar-refractivity contribution in [3.05, 3.63) is 58.7 Å². The van der Waals surface area contributed by atoms with Crippen molar-refractivity contribution in [2.24, 2.45) is 0 Å². The van der Waals surface area contributed by atoms with Crippen molar-refractivity contribution in [3.63, 3.8) is 0 Å². The summed E-state index contributed by atoms with van der Waals surface area (Å²) in [5.41, 5.74) is 4.33. The molecule has 0 aliphatic rings. The van der Waals surface area contributed by atoms with Gasteiger partial charge in [0.25, 0.3) is 0 Å². The molecule has 2 rings (SSSR count). The molecule has 0 amide bonds. The Bertz CT molecular complexity index is 580. The summed E-state index contributed by atoms with van der Waals surface area (Å²) >= 11 is 6.43. The third kappa shape index (κ3) is 3.11. The lowest BCUT2D eigenvalue weighted by atomic mass is 10.2. The van der Waals surface area contributed by atoms with Crippen LogP contribution in [0.2, 0.25) is 0 Å². The Kier molecular flexibility index (Phi) is 3.90. The maximum absolute atomic E-state index is 13.0. The van der Waals surface area contributed by atoms with Crippen LogP contribution < -0.4 is 10.6 Å². The lowest BCUT2D eigenvalue weighted by Crippen LogP contribution is -2.14. The highest BCUT2D eigenvalue weighted by Crippen LogP contribution is 2.49. The van der Waals surface area contributed by atoms with E-state index in [1.807, 2.05) is 52.0 Å². The monoisotopic (exact) mass is 292 g/mol. The highest BCUT2D eigenvalue weighted by atomic mass is 35.7. The zero-order valence-electron chi connectivity index (χ0n) is 11.7. The molecule has 0 aromatic heterocycles. The van der Waals surface area contributed by atoms with E-state index in [0.717, 1.165) is 32.9 Å². The molecule has 0 saturated heterocycles. The lowest BCUT2D eigenvalue weighted by Gasteiger charge is -2.14. The predicted octanol–water partition coefficient (Wildman–Crippen LogP) is 4.39. The molecule has 3 heteroatoms. The number of aryl methyl sites for hydroxylation is 4. The average Bonchev–Trinajstić information content (AvgIpc) is 2.26. The predicted molar refractivity (Wildman–Crippen MR) is 84.6 cm³/mol. The van der Waals surface area contributed by atoms with E-state index in [2.05, 4.69) is 12.1 Å². The second-order valence-corrected chi connectivity index (χ2v) is 8.75. The quantitative estimate of drug-likeness (QED) is 0.750. The number of benzene rings is 2. The van der Waals surface area contributed by atoms with Gasteiger partial charge >= 0.3 is 0 Å². The van der Waals surface area contributed by atoms with Crippen LogP contribution in [0.1, 0.15) is 22.3 Å². The summed E-state index contributed by atoms with van der Waals surface area (Å²) in [7, 11) is 0. The minimum absolute atomic E-state index is 0.719. The molecule has 0 aliphatic heterocycles. The van der Waals surface area contributed by atoms with E-state index in [9.17, 15) is 4.57 Å². The molecular formula is C16H18ClOP. The first-order valence-corrected chi connectivity index (χ1v) is 8.87. The van der Waals surface area contributed by atoms with Gasteiger partial charge in [-0.25, -0.2) is 0 Å². The summed E-state index contributed by atoms with van der Waals surface area (Å²) in [6.07, 6.45) is 0. The number of hydrogen-bond acceptors (Lipinski definition) is 1. The van der Waals surface area contributed by atoms with Crippen LogP contribution in [0.5, 0.6) is 0 Å². The minimum Gasteiger partial charge on any atom is -0.296 e. The van der Waals surface area contributed by atoms with E-state index in [1.54, 1.807) is 0 Å². The van der Waals surface area contributed by atoms with Crippen LogP contribution >= 0.6 is 17.7 Å². The van der Waals surface area contributed by atoms with Crippen LogP contribution in [0.15, 0.2) is 36.4 Å². The molecule has 2 aromatic carbocycles. The van der Waals surface area contributed by atoms with Crippen LogP contribution in [0.3, 0.4) is 0 Å². The zero-order valence-corrected chi connectivity index (χ0v) is 13.3. The van der Waals surface area contributed by atoms with Crippen LogP contribution in [0.4, 0.5) is 0 Å². The molecule has 0 unspecified atom stereocenters. The SMILES string of the molecule is Cc1cc(C)cc(P(=O)(Cl)c2cc(C)cc(C)c2)c1. The second-order valence-electron chi connectivity index (χ2n) is 5.22. The molecular weight excluding hydrogens is 275 g/mol.